The monoisotopic (exact) mass is 412 g/mol. The van der Waals surface area contributed by atoms with Crippen molar-refractivity contribution in [2.75, 3.05) is 4.31 Å². The lowest BCUT2D eigenvalue weighted by molar-refractivity contribution is 0.0961. The fraction of sp³-hybridized carbons (Fsp3) is 0.143. The molecule has 1 atom stereocenters. The Hall–Kier alpha value is -2.70. The number of aromatic nitrogens is 1. The highest BCUT2D eigenvalue weighted by Crippen LogP contribution is 2.39. The van der Waals surface area contributed by atoms with E-state index in [-0.39, 0.29) is 22.8 Å². The second-order valence-corrected chi connectivity index (χ2v) is 8.89. The summed E-state index contributed by atoms with van der Waals surface area (Å²) < 4.78 is 28.0. The molecule has 5 nitrogen and oxygen atoms in total. The van der Waals surface area contributed by atoms with E-state index in [1.54, 1.807) is 61.5 Å². The van der Waals surface area contributed by atoms with Gasteiger partial charge >= 0.3 is 0 Å². The van der Waals surface area contributed by atoms with E-state index in [1.165, 1.54) is 16.4 Å². The Balaban J connectivity index is 1.85. The lowest BCUT2D eigenvalue weighted by Gasteiger charge is -2.26. The largest absolute Gasteiger partial charge is 0.290 e. The van der Waals surface area contributed by atoms with Crippen LogP contribution in [0.4, 0.5) is 5.69 Å². The normalized spacial score (nSPS) is 16.1. The van der Waals surface area contributed by atoms with Crippen molar-refractivity contribution in [1.29, 1.82) is 0 Å². The number of nitrogens with zero attached hydrogens (tertiary/aromatic N) is 2. The van der Waals surface area contributed by atoms with Gasteiger partial charge in [-0.1, -0.05) is 35.9 Å². The van der Waals surface area contributed by atoms with Crippen LogP contribution < -0.4 is 4.31 Å². The number of fused-ring (bicyclic) bond motifs is 1. The average Bonchev–Trinajstić information content (AvgIpc) is 3.07. The van der Waals surface area contributed by atoms with Gasteiger partial charge in [-0.25, -0.2) is 13.4 Å². The number of hydrogen-bond acceptors (Lipinski definition) is 4. The van der Waals surface area contributed by atoms with E-state index in [0.29, 0.717) is 16.4 Å². The third-order valence-electron chi connectivity index (χ3n) is 4.72. The van der Waals surface area contributed by atoms with Crippen LogP contribution in [0, 0.1) is 6.92 Å². The van der Waals surface area contributed by atoms with Crippen LogP contribution in [-0.4, -0.2) is 25.2 Å². The second kappa shape index (κ2) is 7.04. The molecule has 1 unspecified atom stereocenters. The Bertz CT molecular complexity index is 1160. The Morgan fingerprint density at radius 3 is 2.54 bits per heavy atom. The molecule has 2 heterocycles. The zero-order valence-corrected chi connectivity index (χ0v) is 16.6. The molecule has 0 fully saturated rings. The number of pyridine rings is 1. The Morgan fingerprint density at radius 1 is 1.07 bits per heavy atom. The van der Waals surface area contributed by atoms with E-state index >= 15 is 0 Å². The molecule has 1 aromatic heterocycles. The minimum Gasteiger partial charge on any atom is -0.290 e. The summed E-state index contributed by atoms with van der Waals surface area (Å²) in [5.41, 5.74) is 2.14. The van der Waals surface area contributed by atoms with Gasteiger partial charge in [0.1, 0.15) is 11.7 Å². The van der Waals surface area contributed by atoms with Gasteiger partial charge in [-0.3, -0.25) is 9.10 Å². The third kappa shape index (κ3) is 3.19. The minimum absolute atomic E-state index is 0.132. The number of anilines is 1. The molecule has 0 amide bonds. The number of hydrogen-bond donors (Lipinski definition) is 0. The van der Waals surface area contributed by atoms with Crippen molar-refractivity contribution in [3.8, 4) is 0 Å². The summed E-state index contributed by atoms with van der Waals surface area (Å²) in [6, 6.07) is 17.3. The number of sulfonamides is 1. The molecule has 2 aromatic carbocycles. The molecule has 0 saturated heterocycles. The summed E-state index contributed by atoms with van der Waals surface area (Å²) in [4.78, 5) is 17.7. The van der Waals surface area contributed by atoms with Crippen LogP contribution in [-0.2, 0) is 16.4 Å². The molecular weight excluding hydrogens is 396 g/mol. The maximum atomic E-state index is 13.4. The van der Waals surface area contributed by atoms with Crippen LogP contribution >= 0.6 is 11.6 Å². The number of aryl methyl sites for hydroxylation is 1. The summed E-state index contributed by atoms with van der Waals surface area (Å²) in [6.07, 6.45) is 0.246. The molecule has 7 heteroatoms. The topological polar surface area (TPSA) is 67.3 Å². The number of halogens is 1. The van der Waals surface area contributed by atoms with E-state index in [2.05, 4.69) is 4.98 Å². The lowest BCUT2D eigenvalue weighted by atomic mass is 10.0. The fourth-order valence-electron chi connectivity index (χ4n) is 3.44. The Labute approximate surface area is 168 Å². The first-order chi connectivity index (χ1) is 13.4. The highest BCUT2D eigenvalue weighted by Gasteiger charge is 2.42. The molecule has 0 N–H and O–H groups in total. The van der Waals surface area contributed by atoms with E-state index in [4.69, 9.17) is 11.6 Å². The average molecular weight is 413 g/mol. The van der Waals surface area contributed by atoms with Crippen LogP contribution in [0.15, 0.2) is 71.6 Å². The van der Waals surface area contributed by atoms with Crippen molar-refractivity contribution < 1.29 is 13.2 Å². The molecule has 142 valence electrons. The zero-order chi connectivity index (χ0) is 19.9. The zero-order valence-electron chi connectivity index (χ0n) is 15.0. The first-order valence-electron chi connectivity index (χ1n) is 8.74. The molecule has 0 bridgehead atoms. The summed E-state index contributed by atoms with van der Waals surface area (Å²) in [6.45, 7) is 1.79. The molecule has 3 aromatic rings. The van der Waals surface area contributed by atoms with Gasteiger partial charge in [0.05, 0.1) is 10.6 Å². The predicted molar refractivity (Wildman–Crippen MR) is 108 cm³/mol. The molecule has 28 heavy (non-hydrogen) atoms. The van der Waals surface area contributed by atoms with Crippen molar-refractivity contribution >= 4 is 33.1 Å². The van der Waals surface area contributed by atoms with Crippen molar-refractivity contribution in [1.82, 2.24) is 4.98 Å². The number of carbonyl (C=O) groups excluding carboxylic acids is 1. The molecular formula is C21H17ClN2O3S. The van der Waals surface area contributed by atoms with E-state index in [0.717, 1.165) is 5.56 Å². The van der Waals surface area contributed by atoms with Gasteiger partial charge in [-0.15, -0.1) is 0 Å². The van der Waals surface area contributed by atoms with Gasteiger partial charge in [0.2, 0.25) is 5.78 Å². The van der Waals surface area contributed by atoms with Crippen molar-refractivity contribution in [2.24, 2.45) is 0 Å². The Kier molecular flexibility index (Phi) is 4.69. The maximum absolute atomic E-state index is 13.4. The summed E-state index contributed by atoms with van der Waals surface area (Å²) in [7, 11) is -3.94. The number of Topliss-reactive ketones (excluding diaryl/α,β-unsaturated/α-hetero) is 1. The van der Waals surface area contributed by atoms with Gasteiger partial charge < -0.3 is 0 Å². The maximum Gasteiger partial charge on any atom is 0.265 e. The molecule has 4 rings (SSSR count). The van der Waals surface area contributed by atoms with Gasteiger partial charge in [0.15, 0.2) is 0 Å². The second-order valence-electron chi connectivity index (χ2n) is 6.64. The number of benzene rings is 2. The molecule has 0 saturated carbocycles. The van der Waals surface area contributed by atoms with Gasteiger partial charge in [-0.2, -0.15) is 0 Å². The summed E-state index contributed by atoms with van der Waals surface area (Å²) >= 11 is 6.10. The molecule has 0 radical (unpaired) electrons. The van der Waals surface area contributed by atoms with Crippen LogP contribution in [0.5, 0.6) is 0 Å². The summed E-state index contributed by atoms with van der Waals surface area (Å²) in [5, 5.41) is 0.498. The molecule has 0 aliphatic carbocycles. The van der Waals surface area contributed by atoms with E-state index < -0.39 is 16.1 Å². The molecule has 1 aliphatic rings. The first kappa shape index (κ1) is 18.7. The molecule has 1 aliphatic heterocycles. The number of carbonyl (C=O) groups is 1. The van der Waals surface area contributed by atoms with Crippen molar-refractivity contribution in [2.45, 2.75) is 24.3 Å². The SMILES string of the molecule is Cc1cccc(C(=O)C2Cc3cc(Cl)ccc3N2S(=O)(=O)c2ccccc2)n1. The van der Waals surface area contributed by atoms with Gasteiger partial charge in [0.25, 0.3) is 10.0 Å². The number of rotatable bonds is 4. The number of ketones is 1. The highest BCUT2D eigenvalue weighted by molar-refractivity contribution is 7.93. The van der Waals surface area contributed by atoms with E-state index in [1.807, 2.05) is 0 Å². The predicted octanol–water partition coefficient (Wildman–Crippen LogP) is 4.05. The van der Waals surface area contributed by atoms with Crippen LogP contribution in [0.1, 0.15) is 21.7 Å². The quantitative estimate of drug-likeness (QED) is 0.606. The third-order valence-corrected chi connectivity index (χ3v) is 6.79. The van der Waals surface area contributed by atoms with Crippen LogP contribution in [0.2, 0.25) is 5.02 Å². The van der Waals surface area contributed by atoms with Gasteiger partial charge in [-0.05, 0) is 55.0 Å². The smallest absolute Gasteiger partial charge is 0.265 e. The van der Waals surface area contributed by atoms with Crippen LogP contribution in [0.3, 0.4) is 0 Å². The lowest BCUT2D eigenvalue weighted by Crippen LogP contribution is -2.43. The fourth-order valence-corrected chi connectivity index (χ4v) is 5.31. The summed E-state index contributed by atoms with van der Waals surface area (Å²) in [5.74, 6) is -0.337. The Morgan fingerprint density at radius 2 is 1.82 bits per heavy atom. The van der Waals surface area contributed by atoms with Crippen molar-refractivity contribution in [3.63, 3.8) is 0 Å². The van der Waals surface area contributed by atoms with E-state index in [9.17, 15) is 13.2 Å². The molecule has 0 spiro atoms. The first-order valence-corrected chi connectivity index (χ1v) is 10.6. The minimum atomic E-state index is -3.94. The van der Waals surface area contributed by atoms with Gasteiger partial charge in [0, 0.05) is 17.1 Å². The highest BCUT2D eigenvalue weighted by atomic mass is 35.5. The van der Waals surface area contributed by atoms with Crippen molar-refractivity contribution in [3.05, 3.63) is 88.7 Å². The standard InChI is InChI=1S/C21H17ClN2O3S/c1-14-6-5-9-18(23-14)21(25)20-13-15-12-16(22)10-11-19(15)24(20)28(26,27)17-7-3-2-4-8-17/h2-12,20H,13H2,1H3. The van der Waals surface area contributed by atoms with Crippen LogP contribution in [0.25, 0.3) is 0 Å².